The lowest BCUT2D eigenvalue weighted by atomic mass is 10.1. The van der Waals surface area contributed by atoms with Crippen molar-refractivity contribution < 1.29 is 14.6 Å². The molecule has 0 aliphatic heterocycles. The quantitative estimate of drug-likeness (QED) is 0.253. The van der Waals surface area contributed by atoms with E-state index in [1.807, 2.05) is 26.1 Å². The van der Waals surface area contributed by atoms with Gasteiger partial charge in [-0.05, 0) is 43.9 Å². The second-order valence-electron chi connectivity index (χ2n) is 6.38. The van der Waals surface area contributed by atoms with Crippen molar-refractivity contribution in [1.82, 2.24) is 10.2 Å². The molecule has 152 valence electrons. The Morgan fingerprint density at radius 2 is 2.00 bits per heavy atom. The van der Waals surface area contributed by atoms with E-state index in [0.29, 0.717) is 11.5 Å². The number of nitrogens with zero attached hydrogens (tertiary/aromatic N) is 2. The van der Waals surface area contributed by atoms with Gasteiger partial charge in [0.2, 0.25) is 0 Å². The molecule has 0 radical (unpaired) electrons. The van der Waals surface area contributed by atoms with Gasteiger partial charge in [0.25, 0.3) is 0 Å². The van der Waals surface area contributed by atoms with Gasteiger partial charge >= 0.3 is 0 Å². The molecular formula is C21H35N3O3. The fraction of sp³-hybridized carbons (Fsp3) is 0.571. The van der Waals surface area contributed by atoms with Gasteiger partial charge in [0, 0.05) is 20.1 Å². The van der Waals surface area contributed by atoms with E-state index in [0.717, 1.165) is 37.5 Å². The van der Waals surface area contributed by atoms with Crippen LogP contribution < -0.4 is 14.8 Å². The molecule has 1 aromatic rings. The van der Waals surface area contributed by atoms with Crippen LogP contribution in [0.3, 0.4) is 0 Å². The highest BCUT2D eigenvalue weighted by Gasteiger charge is 2.13. The zero-order chi connectivity index (χ0) is 20.1. The van der Waals surface area contributed by atoms with Gasteiger partial charge in [0.05, 0.1) is 26.9 Å². The third-order valence-electron chi connectivity index (χ3n) is 4.30. The normalized spacial score (nSPS) is 12.4. The van der Waals surface area contributed by atoms with Gasteiger partial charge < -0.3 is 24.8 Å². The summed E-state index contributed by atoms with van der Waals surface area (Å²) in [4.78, 5) is 6.71. The third kappa shape index (κ3) is 7.91. The van der Waals surface area contributed by atoms with Crippen LogP contribution in [0.4, 0.5) is 0 Å². The average Bonchev–Trinajstić information content (AvgIpc) is 2.69. The Labute approximate surface area is 163 Å². The lowest BCUT2D eigenvalue weighted by molar-refractivity contribution is 0.186. The molecule has 27 heavy (non-hydrogen) atoms. The van der Waals surface area contributed by atoms with Crippen LogP contribution in [0.15, 0.2) is 35.8 Å². The lowest BCUT2D eigenvalue weighted by Crippen LogP contribution is -2.39. The Kier molecular flexibility index (Phi) is 11.0. The minimum absolute atomic E-state index is 0.276. The molecule has 2 N–H and O–H groups in total. The van der Waals surface area contributed by atoms with E-state index in [1.165, 1.54) is 12.8 Å². The molecule has 0 saturated carbocycles. The Morgan fingerprint density at radius 3 is 2.63 bits per heavy atom. The van der Waals surface area contributed by atoms with E-state index in [-0.39, 0.29) is 6.54 Å². The summed E-state index contributed by atoms with van der Waals surface area (Å²) >= 11 is 0. The average molecular weight is 378 g/mol. The summed E-state index contributed by atoms with van der Waals surface area (Å²) in [5.74, 6) is 2.05. The zero-order valence-electron chi connectivity index (χ0n) is 17.2. The van der Waals surface area contributed by atoms with Crippen molar-refractivity contribution in [3.8, 4) is 11.5 Å². The molecule has 1 rings (SSSR count). The number of methoxy groups -OCH3 is 2. The number of ether oxygens (including phenoxy) is 2. The first kappa shape index (κ1) is 22.8. The smallest absolute Gasteiger partial charge is 0.193 e. The monoisotopic (exact) mass is 377 g/mol. The highest BCUT2D eigenvalue weighted by atomic mass is 16.5. The van der Waals surface area contributed by atoms with E-state index >= 15 is 0 Å². The summed E-state index contributed by atoms with van der Waals surface area (Å²) in [5, 5.41) is 13.8. The summed E-state index contributed by atoms with van der Waals surface area (Å²) in [5.41, 5.74) is 0.749. The summed E-state index contributed by atoms with van der Waals surface area (Å²) in [7, 11) is 5.20. The lowest BCUT2D eigenvalue weighted by Gasteiger charge is -2.22. The number of unbranched alkanes of at least 4 members (excludes halogenated alkanes) is 3. The Hall–Kier alpha value is -2.21. The molecule has 0 spiro atoms. The molecule has 1 unspecified atom stereocenters. The number of allylic oxidation sites excluding steroid dienone is 1. The predicted octanol–water partition coefficient (Wildman–Crippen LogP) is 3.38. The molecule has 6 nitrogen and oxygen atoms in total. The first-order valence-corrected chi connectivity index (χ1v) is 9.57. The maximum Gasteiger partial charge on any atom is 0.193 e. The first-order chi connectivity index (χ1) is 13.1. The molecule has 0 heterocycles. The molecule has 0 saturated heterocycles. The van der Waals surface area contributed by atoms with Gasteiger partial charge in [-0.1, -0.05) is 18.6 Å². The van der Waals surface area contributed by atoms with Crippen LogP contribution in [0.25, 0.3) is 0 Å². The zero-order valence-corrected chi connectivity index (χ0v) is 17.2. The van der Waals surface area contributed by atoms with Crippen LogP contribution in [0.1, 0.15) is 44.3 Å². The summed E-state index contributed by atoms with van der Waals surface area (Å²) in [6, 6.07) is 5.41. The number of nitrogens with one attached hydrogen (secondary N) is 1. The number of benzene rings is 1. The van der Waals surface area contributed by atoms with Gasteiger partial charge in [-0.2, -0.15) is 0 Å². The Bertz CT molecular complexity index is 590. The van der Waals surface area contributed by atoms with Crippen LogP contribution >= 0.6 is 0 Å². The van der Waals surface area contributed by atoms with Crippen LogP contribution in [-0.4, -0.2) is 56.9 Å². The van der Waals surface area contributed by atoms with Crippen LogP contribution in [0, 0.1) is 0 Å². The van der Waals surface area contributed by atoms with Crippen LogP contribution in [-0.2, 0) is 0 Å². The van der Waals surface area contributed by atoms with E-state index < -0.39 is 6.10 Å². The molecule has 1 aromatic carbocycles. The maximum atomic E-state index is 10.5. The van der Waals surface area contributed by atoms with Gasteiger partial charge in [-0.3, -0.25) is 4.99 Å². The molecule has 0 amide bonds. The number of guanidine groups is 1. The second-order valence-corrected chi connectivity index (χ2v) is 6.38. The van der Waals surface area contributed by atoms with E-state index in [4.69, 9.17) is 9.47 Å². The molecule has 0 aromatic heterocycles. The van der Waals surface area contributed by atoms with Gasteiger partial charge in [0.1, 0.15) is 0 Å². The minimum atomic E-state index is -0.709. The summed E-state index contributed by atoms with van der Waals surface area (Å²) < 4.78 is 10.5. The fourth-order valence-corrected chi connectivity index (χ4v) is 2.73. The SMILES string of the molecule is C=CCCCCCN(C)C(=NCC(O)c1ccc(OC)c(OC)c1)NCC. The molecule has 1 atom stereocenters. The highest BCUT2D eigenvalue weighted by Crippen LogP contribution is 2.30. The van der Waals surface area contributed by atoms with Gasteiger partial charge in [-0.15, -0.1) is 6.58 Å². The Balaban J connectivity index is 2.68. The molecule has 6 heteroatoms. The van der Waals surface area contributed by atoms with E-state index in [2.05, 4.69) is 21.8 Å². The first-order valence-electron chi connectivity index (χ1n) is 9.57. The van der Waals surface area contributed by atoms with Crippen molar-refractivity contribution in [3.63, 3.8) is 0 Å². The van der Waals surface area contributed by atoms with E-state index in [1.54, 1.807) is 26.4 Å². The number of aliphatic hydroxyl groups is 1. The molecular weight excluding hydrogens is 342 g/mol. The fourth-order valence-electron chi connectivity index (χ4n) is 2.73. The number of aliphatic hydroxyl groups excluding tert-OH is 1. The van der Waals surface area contributed by atoms with Crippen LogP contribution in [0.2, 0.25) is 0 Å². The molecule has 0 bridgehead atoms. The van der Waals surface area contributed by atoms with Gasteiger partial charge in [-0.25, -0.2) is 0 Å². The largest absolute Gasteiger partial charge is 0.493 e. The molecule has 0 aliphatic rings. The van der Waals surface area contributed by atoms with Gasteiger partial charge in [0.15, 0.2) is 17.5 Å². The maximum absolute atomic E-state index is 10.5. The molecule has 0 fully saturated rings. The molecule has 0 aliphatic carbocycles. The van der Waals surface area contributed by atoms with Crippen molar-refractivity contribution in [3.05, 3.63) is 36.4 Å². The number of rotatable bonds is 12. The number of hydrogen-bond donors (Lipinski definition) is 2. The standard InChI is InChI=1S/C21H35N3O3/c1-6-8-9-10-11-14-24(3)21(22-7-2)23-16-18(25)17-12-13-19(26-4)20(15-17)27-5/h6,12-13,15,18,25H,1,7-11,14,16H2,2-5H3,(H,22,23). The van der Waals surface area contributed by atoms with Crippen molar-refractivity contribution in [2.75, 3.05) is 40.9 Å². The van der Waals surface area contributed by atoms with Crippen molar-refractivity contribution >= 4 is 5.96 Å². The Morgan fingerprint density at radius 1 is 1.26 bits per heavy atom. The highest BCUT2D eigenvalue weighted by molar-refractivity contribution is 5.79. The number of aliphatic imine (C=N–C) groups is 1. The minimum Gasteiger partial charge on any atom is -0.493 e. The van der Waals surface area contributed by atoms with Crippen molar-refractivity contribution in [1.29, 1.82) is 0 Å². The summed E-state index contributed by atoms with van der Waals surface area (Å²) in [6.07, 6.45) is 5.76. The third-order valence-corrected chi connectivity index (χ3v) is 4.30. The predicted molar refractivity (Wildman–Crippen MR) is 112 cm³/mol. The topological polar surface area (TPSA) is 66.3 Å². The van der Waals surface area contributed by atoms with Crippen molar-refractivity contribution in [2.24, 2.45) is 4.99 Å². The van der Waals surface area contributed by atoms with Crippen molar-refractivity contribution in [2.45, 2.75) is 38.7 Å². The second kappa shape index (κ2) is 13.0. The summed E-state index contributed by atoms with van der Waals surface area (Å²) in [6.45, 7) is 7.78. The number of hydrogen-bond acceptors (Lipinski definition) is 4. The van der Waals surface area contributed by atoms with Crippen LogP contribution in [0.5, 0.6) is 11.5 Å². The van der Waals surface area contributed by atoms with E-state index in [9.17, 15) is 5.11 Å².